The van der Waals surface area contributed by atoms with Crippen molar-refractivity contribution in [3.8, 4) is 0 Å². The van der Waals surface area contributed by atoms with Crippen LogP contribution in [0.15, 0.2) is 4.99 Å². The highest BCUT2D eigenvalue weighted by atomic mass is 16.1. The van der Waals surface area contributed by atoms with E-state index in [4.69, 9.17) is 17.2 Å². The summed E-state index contributed by atoms with van der Waals surface area (Å²) in [6, 6.07) is -0.129. The molecule has 0 heterocycles. The van der Waals surface area contributed by atoms with Crippen molar-refractivity contribution < 1.29 is 9.59 Å². The fourth-order valence-electron chi connectivity index (χ4n) is 2.80. The van der Waals surface area contributed by atoms with E-state index in [2.05, 4.69) is 36.4 Å². The van der Waals surface area contributed by atoms with Crippen LogP contribution in [0.5, 0.6) is 0 Å². The average Bonchev–Trinajstić information content (AvgIpc) is 2.55. The highest BCUT2D eigenvalue weighted by Crippen LogP contribution is 2.08. The van der Waals surface area contributed by atoms with Gasteiger partial charge in [-0.1, -0.05) is 6.42 Å². The molecule has 0 saturated heterocycles. The summed E-state index contributed by atoms with van der Waals surface area (Å²) in [4.78, 5) is 26.6. The van der Waals surface area contributed by atoms with Crippen LogP contribution < -0.4 is 27.8 Å². The van der Waals surface area contributed by atoms with E-state index in [-0.39, 0.29) is 40.7 Å². The molecule has 30 heavy (non-hydrogen) atoms. The maximum atomic E-state index is 11.4. The maximum absolute atomic E-state index is 11.4. The first-order valence-electron chi connectivity index (χ1n) is 10.9. The number of hydrogen-bond acceptors (Lipinski definition) is 6. The molecule has 0 fully saturated rings. The van der Waals surface area contributed by atoms with E-state index in [1.54, 1.807) is 13.8 Å². The molecule has 0 bridgehead atoms. The molecule has 8 nitrogen and oxygen atoms in total. The van der Waals surface area contributed by atoms with Crippen molar-refractivity contribution in [1.82, 2.24) is 10.6 Å². The minimum atomic E-state index is -0.116. The molecule has 0 aromatic rings. The predicted molar refractivity (Wildman–Crippen MR) is 128 cm³/mol. The van der Waals surface area contributed by atoms with Crippen molar-refractivity contribution >= 4 is 17.5 Å². The smallest absolute Gasteiger partial charge is 0.185 e. The molecule has 2 unspecified atom stereocenters. The molecule has 0 saturated carbocycles. The number of Topliss-reactive ketones (excluding diaryl/α,β-unsaturated/α-hetero) is 2. The molecule has 0 rings (SSSR count). The quantitative estimate of drug-likeness (QED) is 0.181. The van der Waals surface area contributed by atoms with E-state index in [0.29, 0.717) is 13.1 Å². The van der Waals surface area contributed by atoms with Crippen LogP contribution in [0.2, 0.25) is 0 Å². The fourth-order valence-corrected chi connectivity index (χ4v) is 2.80. The van der Waals surface area contributed by atoms with Gasteiger partial charge in [-0.3, -0.25) is 14.6 Å². The van der Waals surface area contributed by atoms with Gasteiger partial charge in [0.05, 0.1) is 12.1 Å². The SMILES string of the molecule is CC(=O)C(CCCCN)NC(C)(C)C.CC(=O)C(CCCN=C(N)N)NC(C)(C)C. The molecule has 2 atom stereocenters. The lowest BCUT2D eigenvalue weighted by molar-refractivity contribution is -0.120. The second kappa shape index (κ2) is 15.3. The van der Waals surface area contributed by atoms with Gasteiger partial charge in [-0.15, -0.1) is 0 Å². The number of aliphatic imine (C=N–C) groups is 1. The summed E-state index contributed by atoms with van der Waals surface area (Å²) >= 11 is 0. The van der Waals surface area contributed by atoms with Crippen LogP contribution in [0.1, 0.15) is 87.5 Å². The number of rotatable bonds is 12. The van der Waals surface area contributed by atoms with Gasteiger partial charge >= 0.3 is 0 Å². The summed E-state index contributed by atoms with van der Waals surface area (Å²) in [5, 5.41) is 6.61. The number of hydrogen-bond donors (Lipinski definition) is 5. The molecule has 0 aliphatic carbocycles. The molecule has 178 valence electrons. The topological polar surface area (TPSA) is 149 Å². The van der Waals surface area contributed by atoms with Gasteiger partial charge in [-0.05, 0) is 87.6 Å². The standard InChI is InChI=1S/C11H24N4O.C11H24N2O/c1-8(16)9(15-11(2,3)4)6-5-7-14-10(12)13;1-9(14)10(7-5-6-8-12)13-11(2,3)4/h9,15H,5-7H2,1-4H3,(H4,12,13,14);10,13H,5-8,12H2,1-4H3. The van der Waals surface area contributed by atoms with Crippen molar-refractivity contribution in [3.05, 3.63) is 0 Å². The van der Waals surface area contributed by atoms with Crippen molar-refractivity contribution in [2.24, 2.45) is 22.2 Å². The van der Waals surface area contributed by atoms with Gasteiger partial charge in [0.1, 0.15) is 11.6 Å². The largest absolute Gasteiger partial charge is 0.370 e. The number of carbonyl (C=O) groups excluding carboxylic acids is 2. The molecular weight excluding hydrogens is 380 g/mol. The van der Waals surface area contributed by atoms with Gasteiger partial charge in [0, 0.05) is 17.6 Å². The van der Waals surface area contributed by atoms with Crippen molar-refractivity contribution in [3.63, 3.8) is 0 Å². The number of nitrogens with one attached hydrogen (secondary N) is 2. The van der Waals surface area contributed by atoms with Gasteiger partial charge in [0.15, 0.2) is 5.96 Å². The van der Waals surface area contributed by atoms with E-state index < -0.39 is 0 Å². The number of nitrogens with zero attached hydrogens (tertiary/aromatic N) is 1. The zero-order valence-electron chi connectivity index (χ0n) is 20.6. The lowest BCUT2D eigenvalue weighted by Crippen LogP contribution is -2.47. The first-order chi connectivity index (χ1) is 13.6. The Kier molecular flexibility index (Phi) is 15.7. The van der Waals surface area contributed by atoms with Crippen LogP contribution in [0.3, 0.4) is 0 Å². The Balaban J connectivity index is 0. The Morgan fingerprint density at radius 1 is 0.800 bits per heavy atom. The van der Waals surface area contributed by atoms with Gasteiger partial charge in [-0.25, -0.2) is 0 Å². The second-order valence-electron chi connectivity index (χ2n) is 9.85. The Morgan fingerprint density at radius 2 is 1.20 bits per heavy atom. The van der Waals surface area contributed by atoms with E-state index in [9.17, 15) is 9.59 Å². The molecule has 0 aromatic carbocycles. The number of carbonyl (C=O) groups is 2. The van der Waals surface area contributed by atoms with Crippen LogP contribution in [0, 0.1) is 0 Å². The number of guanidine groups is 1. The summed E-state index contributed by atoms with van der Waals surface area (Å²) in [5.74, 6) is 0.472. The van der Waals surface area contributed by atoms with Crippen molar-refractivity contribution in [2.75, 3.05) is 13.1 Å². The van der Waals surface area contributed by atoms with Crippen LogP contribution in [0.4, 0.5) is 0 Å². The van der Waals surface area contributed by atoms with Crippen molar-refractivity contribution in [1.29, 1.82) is 0 Å². The third-order valence-corrected chi connectivity index (χ3v) is 4.09. The number of nitrogens with two attached hydrogens (primary N) is 3. The predicted octanol–water partition coefficient (Wildman–Crippen LogP) is 1.85. The first kappa shape index (κ1) is 30.7. The summed E-state index contributed by atoms with van der Waals surface area (Å²) in [6.07, 6.45) is 4.46. The van der Waals surface area contributed by atoms with Crippen molar-refractivity contribution in [2.45, 2.75) is 111 Å². The van der Waals surface area contributed by atoms with E-state index in [1.165, 1.54) is 0 Å². The normalized spacial score (nSPS) is 13.6. The lowest BCUT2D eigenvalue weighted by Gasteiger charge is -2.27. The van der Waals surface area contributed by atoms with Crippen LogP contribution >= 0.6 is 0 Å². The molecule has 0 amide bonds. The first-order valence-corrected chi connectivity index (χ1v) is 10.9. The Hall–Kier alpha value is -1.51. The van der Waals surface area contributed by atoms with Gasteiger partial charge in [0.25, 0.3) is 0 Å². The second-order valence-corrected chi connectivity index (χ2v) is 9.85. The zero-order valence-corrected chi connectivity index (χ0v) is 20.6. The molecule has 0 aromatic heterocycles. The Morgan fingerprint density at radius 3 is 1.50 bits per heavy atom. The molecule has 0 radical (unpaired) electrons. The summed E-state index contributed by atoms with van der Waals surface area (Å²) in [7, 11) is 0. The average molecular weight is 429 g/mol. The number of unbranched alkanes of at least 4 members (excludes halogenated alkanes) is 1. The van der Waals surface area contributed by atoms with Crippen LogP contribution in [-0.4, -0.2) is 53.8 Å². The summed E-state index contributed by atoms with van der Waals surface area (Å²) in [6.45, 7) is 16.9. The molecule has 0 aliphatic heterocycles. The van der Waals surface area contributed by atoms with E-state index >= 15 is 0 Å². The lowest BCUT2D eigenvalue weighted by atomic mass is 10.0. The summed E-state index contributed by atoms with van der Waals surface area (Å²) < 4.78 is 0. The molecule has 0 aliphatic rings. The third kappa shape index (κ3) is 21.2. The van der Waals surface area contributed by atoms with Crippen LogP contribution in [-0.2, 0) is 9.59 Å². The maximum Gasteiger partial charge on any atom is 0.185 e. The molecule has 8 heteroatoms. The third-order valence-electron chi connectivity index (χ3n) is 4.09. The Bertz CT molecular complexity index is 517. The minimum Gasteiger partial charge on any atom is -0.370 e. The van der Waals surface area contributed by atoms with Gasteiger partial charge in [0.2, 0.25) is 0 Å². The van der Waals surface area contributed by atoms with Gasteiger partial charge in [-0.2, -0.15) is 0 Å². The molecule has 0 spiro atoms. The monoisotopic (exact) mass is 428 g/mol. The Labute approximate surface area is 184 Å². The van der Waals surface area contributed by atoms with E-state index in [0.717, 1.165) is 32.1 Å². The molecular formula is C22H48N6O2. The fraction of sp³-hybridized carbons (Fsp3) is 0.864. The summed E-state index contributed by atoms with van der Waals surface area (Å²) in [5.41, 5.74) is 15.8. The van der Waals surface area contributed by atoms with Crippen LogP contribution in [0.25, 0.3) is 0 Å². The highest BCUT2D eigenvalue weighted by Gasteiger charge is 2.21. The molecule has 8 N–H and O–H groups in total. The zero-order chi connectivity index (χ0) is 24.0. The van der Waals surface area contributed by atoms with Gasteiger partial charge < -0.3 is 27.8 Å². The highest BCUT2D eigenvalue weighted by molar-refractivity contribution is 5.81. The van der Waals surface area contributed by atoms with E-state index in [1.807, 2.05) is 20.8 Å². The minimum absolute atomic E-state index is 0.000941. The number of ketones is 2.